The Morgan fingerprint density at radius 1 is 1.03 bits per heavy atom. The zero-order valence-corrected chi connectivity index (χ0v) is 22.0. The fraction of sp³-hybridized carbons (Fsp3) is 0.320. The summed E-state index contributed by atoms with van der Waals surface area (Å²) in [5, 5.41) is 9.33. The molecule has 0 fully saturated rings. The van der Waals surface area contributed by atoms with Crippen LogP contribution in [-0.4, -0.2) is 43.7 Å². The third kappa shape index (κ3) is 10.3. The number of hydrogen-bond donors (Lipinski definition) is 5. The molecule has 6 N–H and O–H groups in total. The highest BCUT2D eigenvalue weighted by molar-refractivity contribution is 7.46. The predicted octanol–water partition coefficient (Wildman–Crippen LogP) is 1.50. The normalized spacial score (nSPS) is 12.8. The first-order valence-electron chi connectivity index (χ1n) is 12.0. The molecule has 0 spiro atoms. The second-order valence-electron chi connectivity index (χ2n) is 8.78. The molecule has 0 unspecified atom stereocenters. The number of nitrogens with zero attached hydrogens (tertiary/aromatic N) is 2. The third-order valence-corrected chi connectivity index (χ3v) is 5.99. The molecule has 0 radical (unpaired) electrons. The smallest absolute Gasteiger partial charge is 0.404 e. The van der Waals surface area contributed by atoms with E-state index < -0.39 is 37.6 Å². The van der Waals surface area contributed by atoms with Crippen LogP contribution in [0.2, 0.25) is 0 Å². The Balaban J connectivity index is 1.71. The highest BCUT2D eigenvalue weighted by atomic mass is 31.2. The maximum Gasteiger partial charge on any atom is 0.524 e. The van der Waals surface area contributed by atoms with Gasteiger partial charge in [-0.25, -0.2) is 4.57 Å². The lowest BCUT2D eigenvalue weighted by Gasteiger charge is -2.21. The lowest BCUT2D eigenvalue weighted by Crippen LogP contribution is -2.48. The van der Waals surface area contributed by atoms with Gasteiger partial charge in [0.15, 0.2) is 5.82 Å². The molecule has 3 amide bonds. The first-order valence-corrected chi connectivity index (χ1v) is 13.6. The van der Waals surface area contributed by atoms with Crippen molar-refractivity contribution in [2.45, 2.75) is 51.1 Å². The van der Waals surface area contributed by atoms with Gasteiger partial charge in [0.05, 0.1) is 0 Å². The molecule has 1 aromatic heterocycles. The van der Waals surface area contributed by atoms with Crippen molar-refractivity contribution in [3.05, 3.63) is 77.4 Å². The molecule has 0 bridgehead atoms. The number of amides is 3. The van der Waals surface area contributed by atoms with Gasteiger partial charge in [0, 0.05) is 26.2 Å². The van der Waals surface area contributed by atoms with Gasteiger partial charge in [0.25, 0.3) is 0 Å². The van der Waals surface area contributed by atoms with Crippen molar-refractivity contribution in [1.82, 2.24) is 20.8 Å². The van der Waals surface area contributed by atoms with E-state index >= 15 is 0 Å². The van der Waals surface area contributed by atoms with Crippen molar-refractivity contribution < 1.29 is 37.8 Å². The number of hydrogen-bond acceptors (Lipinski definition) is 8. The lowest BCUT2D eigenvalue weighted by atomic mass is 10.0. The largest absolute Gasteiger partial charge is 0.524 e. The molecule has 1 heterocycles. The van der Waals surface area contributed by atoms with Gasteiger partial charge >= 0.3 is 7.82 Å². The number of phosphoric acid groups is 1. The minimum absolute atomic E-state index is 0.0519. The number of carbonyl (C=O) groups excluding carboxylic acids is 3. The van der Waals surface area contributed by atoms with E-state index in [0.29, 0.717) is 24.2 Å². The summed E-state index contributed by atoms with van der Waals surface area (Å²) in [6.07, 6.45) is 1.28. The summed E-state index contributed by atoms with van der Waals surface area (Å²) in [5.41, 5.74) is 6.99. The maximum atomic E-state index is 13.2. The number of nitrogens with two attached hydrogens (primary N) is 1. The van der Waals surface area contributed by atoms with E-state index in [1.165, 1.54) is 31.2 Å². The van der Waals surface area contributed by atoms with Crippen molar-refractivity contribution in [1.29, 1.82) is 0 Å². The summed E-state index contributed by atoms with van der Waals surface area (Å²) in [6.45, 7) is 1.26. The van der Waals surface area contributed by atoms with E-state index in [1.54, 1.807) is 0 Å². The quantitative estimate of drug-likeness (QED) is 0.180. The molecular formula is C25H30N5O8P. The number of primary amides is 1. The van der Waals surface area contributed by atoms with Crippen LogP contribution in [0.3, 0.4) is 0 Å². The number of benzene rings is 2. The summed E-state index contributed by atoms with van der Waals surface area (Å²) in [7, 11) is -4.72. The van der Waals surface area contributed by atoms with Gasteiger partial charge in [-0.05, 0) is 36.1 Å². The molecule has 3 aromatic rings. The SMILES string of the molecule is CC(=O)N[C@@H](Cc1ccc(OP(=O)(O)O)cc1)C(=O)N[C@@H](CCC(N)=O)c1nc(CCc2ccccc2)no1. The summed E-state index contributed by atoms with van der Waals surface area (Å²) in [5.74, 6) is -1.12. The van der Waals surface area contributed by atoms with Crippen LogP contribution in [0.1, 0.15) is 48.6 Å². The Labute approximate surface area is 224 Å². The molecule has 13 nitrogen and oxygen atoms in total. The average Bonchev–Trinajstić information content (AvgIpc) is 3.34. The van der Waals surface area contributed by atoms with E-state index in [1.807, 2.05) is 30.3 Å². The van der Waals surface area contributed by atoms with E-state index in [2.05, 4.69) is 25.3 Å². The zero-order valence-electron chi connectivity index (χ0n) is 21.1. The standard InChI is InChI=1S/C25H30N5O8P/c1-16(31)27-21(15-18-7-10-19(11-8-18)38-39(34,35)36)24(33)28-20(12-13-22(26)32)25-29-23(30-37-25)14-9-17-5-3-2-4-6-17/h2-8,10-11,20-21H,9,12-15H2,1H3,(H2,26,32)(H,27,31)(H,28,33)(H2,34,35,36)/t20-,21-/m0/s1. The second kappa shape index (κ2) is 13.7. The van der Waals surface area contributed by atoms with E-state index in [4.69, 9.17) is 20.0 Å². The van der Waals surface area contributed by atoms with Crippen molar-refractivity contribution in [2.75, 3.05) is 0 Å². The van der Waals surface area contributed by atoms with Crippen LogP contribution in [0.25, 0.3) is 0 Å². The minimum Gasteiger partial charge on any atom is -0.404 e. The van der Waals surface area contributed by atoms with E-state index in [0.717, 1.165) is 5.56 Å². The number of aryl methyl sites for hydroxylation is 2. The molecule has 39 heavy (non-hydrogen) atoms. The average molecular weight is 560 g/mol. The predicted molar refractivity (Wildman–Crippen MR) is 138 cm³/mol. The van der Waals surface area contributed by atoms with Gasteiger partial charge in [-0.1, -0.05) is 47.6 Å². The van der Waals surface area contributed by atoms with Crippen molar-refractivity contribution in [3.63, 3.8) is 0 Å². The minimum atomic E-state index is -4.72. The molecular weight excluding hydrogens is 529 g/mol. The van der Waals surface area contributed by atoms with Crippen LogP contribution in [0, 0.1) is 0 Å². The van der Waals surface area contributed by atoms with Crippen molar-refractivity contribution in [2.24, 2.45) is 5.73 Å². The lowest BCUT2D eigenvalue weighted by molar-refractivity contribution is -0.128. The Hall–Kier alpha value is -4.06. The Morgan fingerprint density at radius 2 is 1.72 bits per heavy atom. The van der Waals surface area contributed by atoms with Crippen LogP contribution < -0.4 is 20.9 Å². The molecule has 0 saturated carbocycles. The number of nitrogens with one attached hydrogen (secondary N) is 2. The first-order chi connectivity index (χ1) is 18.5. The Kier molecular flexibility index (Phi) is 10.3. The maximum absolute atomic E-state index is 13.2. The van der Waals surface area contributed by atoms with E-state index in [-0.39, 0.29) is 30.9 Å². The number of phosphoric ester groups is 1. The van der Waals surface area contributed by atoms with Crippen LogP contribution in [-0.2, 0) is 38.2 Å². The fourth-order valence-corrected chi connectivity index (χ4v) is 4.14. The highest BCUT2D eigenvalue weighted by Crippen LogP contribution is 2.37. The molecule has 3 rings (SSSR count). The van der Waals surface area contributed by atoms with Crippen molar-refractivity contribution >= 4 is 25.5 Å². The van der Waals surface area contributed by atoms with Gasteiger partial charge in [-0.15, -0.1) is 0 Å². The fourth-order valence-electron chi connectivity index (χ4n) is 3.74. The molecule has 2 atom stereocenters. The van der Waals surface area contributed by atoms with E-state index in [9.17, 15) is 18.9 Å². The monoisotopic (exact) mass is 559 g/mol. The third-order valence-electron chi connectivity index (χ3n) is 5.54. The van der Waals surface area contributed by atoms with Gasteiger partial charge in [-0.2, -0.15) is 4.98 Å². The first kappa shape index (κ1) is 29.5. The molecule has 2 aromatic carbocycles. The molecule has 0 aliphatic carbocycles. The Bertz CT molecular complexity index is 1310. The summed E-state index contributed by atoms with van der Waals surface area (Å²) >= 11 is 0. The number of carbonyl (C=O) groups is 3. The number of aromatic nitrogens is 2. The topological polar surface area (TPSA) is 207 Å². The van der Waals surface area contributed by atoms with Crippen molar-refractivity contribution in [3.8, 4) is 5.75 Å². The summed E-state index contributed by atoms with van der Waals surface area (Å²) < 4.78 is 20.9. The van der Waals surface area contributed by atoms with Gasteiger partial charge in [0.2, 0.25) is 23.6 Å². The molecule has 208 valence electrons. The Morgan fingerprint density at radius 3 is 2.33 bits per heavy atom. The zero-order chi connectivity index (χ0) is 28.4. The van der Waals surface area contributed by atoms with Crippen LogP contribution in [0.4, 0.5) is 0 Å². The molecule has 0 aliphatic rings. The van der Waals surface area contributed by atoms with Gasteiger partial charge in [0.1, 0.15) is 17.8 Å². The van der Waals surface area contributed by atoms with Gasteiger partial charge < -0.3 is 25.4 Å². The number of rotatable bonds is 14. The van der Waals surface area contributed by atoms with Crippen LogP contribution >= 0.6 is 7.82 Å². The highest BCUT2D eigenvalue weighted by Gasteiger charge is 2.27. The second-order valence-corrected chi connectivity index (χ2v) is 9.95. The summed E-state index contributed by atoms with van der Waals surface area (Å²) in [6, 6.07) is 13.6. The van der Waals surface area contributed by atoms with Gasteiger partial charge in [-0.3, -0.25) is 24.2 Å². The summed E-state index contributed by atoms with van der Waals surface area (Å²) in [4.78, 5) is 58.8. The molecule has 0 saturated heterocycles. The molecule has 14 heteroatoms. The molecule has 0 aliphatic heterocycles. The van der Waals surface area contributed by atoms with Crippen LogP contribution in [0.5, 0.6) is 5.75 Å². The van der Waals surface area contributed by atoms with Crippen LogP contribution in [0.15, 0.2) is 59.1 Å².